The van der Waals surface area contributed by atoms with E-state index in [1.54, 1.807) is 6.20 Å². The van der Waals surface area contributed by atoms with E-state index in [1.165, 1.54) is 11.8 Å². The summed E-state index contributed by atoms with van der Waals surface area (Å²) in [7, 11) is 0. The van der Waals surface area contributed by atoms with Gasteiger partial charge in [0.05, 0.1) is 10.3 Å². The van der Waals surface area contributed by atoms with Crippen LogP contribution in [0.1, 0.15) is 18.9 Å². The lowest BCUT2D eigenvalue weighted by molar-refractivity contribution is -0.117. The van der Waals surface area contributed by atoms with E-state index in [4.69, 9.17) is 0 Å². The van der Waals surface area contributed by atoms with Crippen LogP contribution in [0.15, 0.2) is 48.0 Å². The average molecular weight is 394 g/mol. The summed E-state index contributed by atoms with van der Waals surface area (Å²) in [6, 6.07) is 9.92. The Morgan fingerprint density at radius 2 is 2.18 bits per heavy atom. The molecule has 0 saturated carbocycles. The van der Waals surface area contributed by atoms with Crippen LogP contribution in [0.5, 0.6) is 0 Å². The van der Waals surface area contributed by atoms with Crippen molar-refractivity contribution in [1.29, 1.82) is 0 Å². The number of nitrogens with one attached hydrogen (secondary N) is 3. The van der Waals surface area contributed by atoms with Crippen molar-refractivity contribution in [2.75, 3.05) is 10.6 Å². The van der Waals surface area contributed by atoms with Crippen molar-refractivity contribution in [3.8, 4) is 11.4 Å². The van der Waals surface area contributed by atoms with Gasteiger partial charge in [-0.25, -0.2) is 4.98 Å². The summed E-state index contributed by atoms with van der Waals surface area (Å²) in [4.78, 5) is 21.6. The van der Waals surface area contributed by atoms with Gasteiger partial charge in [0.2, 0.25) is 17.7 Å². The maximum absolute atomic E-state index is 12.8. The zero-order valence-electron chi connectivity index (χ0n) is 15.1. The van der Waals surface area contributed by atoms with E-state index >= 15 is 0 Å². The minimum absolute atomic E-state index is 0.139. The number of H-pyrrole nitrogens is 1. The van der Waals surface area contributed by atoms with E-state index in [1.807, 2.05) is 48.7 Å². The SMILES string of the molecule is CC1(C(=O)Nc2nc(NCc3ccccc3)ncc2-c2nn[nH]n2)CC=CS1. The number of aromatic amines is 1. The van der Waals surface area contributed by atoms with E-state index in [2.05, 4.69) is 41.2 Å². The Morgan fingerprint density at radius 1 is 1.32 bits per heavy atom. The summed E-state index contributed by atoms with van der Waals surface area (Å²) in [5.41, 5.74) is 1.59. The van der Waals surface area contributed by atoms with Crippen LogP contribution in [0.25, 0.3) is 11.4 Å². The molecule has 0 fully saturated rings. The minimum Gasteiger partial charge on any atom is -0.350 e. The fourth-order valence-corrected chi connectivity index (χ4v) is 3.53. The summed E-state index contributed by atoms with van der Waals surface area (Å²) in [6.45, 7) is 2.46. The van der Waals surface area contributed by atoms with Crippen LogP contribution in [0, 0.1) is 0 Å². The number of hydrogen-bond donors (Lipinski definition) is 3. The zero-order valence-corrected chi connectivity index (χ0v) is 15.9. The van der Waals surface area contributed by atoms with E-state index < -0.39 is 4.75 Å². The van der Waals surface area contributed by atoms with Gasteiger partial charge in [-0.1, -0.05) is 36.4 Å². The molecule has 10 heteroatoms. The van der Waals surface area contributed by atoms with Gasteiger partial charge in [-0.3, -0.25) is 4.79 Å². The molecule has 3 heterocycles. The molecule has 0 radical (unpaired) electrons. The van der Waals surface area contributed by atoms with E-state index in [-0.39, 0.29) is 5.91 Å². The highest BCUT2D eigenvalue weighted by atomic mass is 32.2. The Balaban J connectivity index is 1.58. The maximum Gasteiger partial charge on any atom is 0.242 e. The lowest BCUT2D eigenvalue weighted by Gasteiger charge is -2.21. The summed E-state index contributed by atoms with van der Waals surface area (Å²) < 4.78 is -0.572. The highest BCUT2D eigenvalue weighted by Crippen LogP contribution is 2.37. The van der Waals surface area contributed by atoms with Crippen molar-refractivity contribution < 1.29 is 4.79 Å². The smallest absolute Gasteiger partial charge is 0.242 e. The number of tetrazole rings is 1. The Kier molecular flexibility index (Phi) is 5.02. The number of rotatable bonds is 6. The van der Waals surface area contributed by atoms with Crippen molar-refractivity contribution in [3.05, 3.63) is 53.6 Å². The van der Waals surface area contributed by atoms with Gasteiger partial charge >= 0.3 is 0 Å². The number of anilines is 2. The largest absolute Gasteiger partial charge is 0.350 e. The summed E-state index contributed by atoms with van der Waals surface area (Å²) >= 11 is 1.49. The van der Waals surface area contributed by atoms with E-state index in [9.17, 15) is 4.79 Å². The van der Waals surface area contributed by atoms with Crippen molar-refractivity contribution in [2.45, 2.75) is 24.6 Å². The average Bonchev–Trinajstić information content (AvgIpc) is 3.40. The minimum atomic E-state index is -0.572. The van der Waals surface area contributed by atoms with Crippen LogP contribution in [0.2, 0.25) is 0 Å². The number of thioether (sulfide) groups is 1. The summed E-state index contributed by atoms with van der Waals surface area (Å²) in [5, 5.41) is 21.9. The fourth-order valence-electron chi connectivity index (χ4n) is 2.68. The van der Waals surface area contributed by atoms with Crippen LogP contribution in [-0.4, -0.2) is 41.2 Å². The van der Waals surface area contributed by atoms with Gasteiger partial charge in [0.1, 0.15) is 5.82 Å². The summed E-state index contributed by atoms with van der Waals surface area (Å²) in [5.74, 6) is 0.909. The highest BCUT2D eigenvalue weighted by Gasteiger charge is 2.35. The normalized spacial score (nSPS) is 18.2. The number of carbonyl (C=O) groups excluding carboxylic acids is 1. The number of benzene rings is 1. The second kappa shape index (κ2) is 7.77. The zero-order chi connectivity index (χ0) is 19.4. The molecule has 3 N–H and O–H groups in total. The Morgan fingerprint density at radius 3 is 2.89 bits per heavy atom. The number of amides is 1. The quantitative estimate of drug-likeness (QED) is 0.583. The summed E-state index contributed by atoms with van der Waals surface area (Å²) in [6.07, 6.45) is 4.21. The van der Waals surface area contributed by atoms with Gasteiger partial charge in [-0.05, 0) is 29.5 Å². The van der Waals surface area contributed by atoms with Crippen LogP contribution < -0.4 is 10.6 Å². The molecule has 0 bridgehead atoms. The number of carbonyl (C=O) groups is 1. The molecule has 3 aromatic rings. The molecule has 0 aliphatic carbocycles. The van der Waals surface area contributed by atoms with Gasteiger partial charge < -0.3 is 10.6 Å². The first-order valence-electron chi connectivity index (χ1n) is 8.67. The van der Waals surface area contributed by atoms with Crippen LogP contribution in [-0.2, 0) is 11.3 Å². The molecule has 1 atom stereocenters. The third-order valence-corrected chi connectivity index (χ3v) is 5.51. The topological polar surface area (TPSA) is 121 Å². The van der Waals surface area contributed by atoms with Crippen LogP contribution >= 0.6 is 11.8 Å². The lowest BCUT2D eigenvalue weighted by atomic mass is 10.1. The third kappa shape index (κ3) is 3.86. The molecule has 142 valence electrons. The van der Waals surface area contributed by atoms with Gasteiger partial charge in [0, 0.05) is 12.7 Å². The van der Waals surface area contributed by atoms with Crippen molar-refractivity contribution >= 4 is 29.4 Å². The van der Waals surface area contributed by atoms with E-state index in [0.717, 1.165) is 5.56 Å². The molecule has 9 nitrogen and oxygen atoms in total. The molecule has 1 aliphatic heterocycles. The van der Waals surface area contributed by atoms with Crippen LogP contribution in [0.3, 0.4) is 0 Å². The lowest BCUT2D eigenvalue weighted by Crippen LogP contribution is -2.35. The fraction of sp³-hybridized carbons (Fsp3) is 0.222. The second-order valence-corrected chi connectivity index (χ2v) is 7.82. The Bertz CT molecular complexity index is 982. The van der Waals surface area contributed by atoms with E-state index in [0.29, 0.717) is 36.1 Å². The predicted molar refractivity (Wildman–Crippen MR) is 107 cm³/mol. The van der Waals surface area contributed by atoms with Gasteiger partial charge in [0.25, 0.3) is 0 Å². The third-order valence-electron chi connectivity index (χ3n) is 4.31. The number of allylic oxidation sites excluding steroid dienone is 1. The van der Waals surface area contributed by atoms with Gasteiger partial charge in [-0.2, -0.15) is 10.2 Å². The van der Waals surface area contributed by atoms with Crippen molar-refractivity contribution in [3.63, 3.8) is 0 Å². The molecular formula is C18H18N8OS. The predicted octanol–water partition coefficient (Wildman–Crippen LogP) is 2.62. The number of hydrogen-bond acceptors (Lipinski definition) is 8. The molecule has 28 heavy (non-hydrogen) atoms. The second-order valence-electron chi connectivity index (χ2n) is 6.41. The molecule has 1 unspecified atom stereocenters. The first-order valence-corrected chi connectivity index (χ1v) is 9.55. The first kappa shape index (κ1) is 18.1. The molecule has 1 amide bonds. The molecule has 1 aromatic carbocycles. The monoisotopic (exact) mass is 394 g/mol. The molecule has 2 aromatic heterocycles. The highest BCUT2D eigenvalue weighted by molar-refractivity contribution is 8.04. The van der Waals surface area contributed by atoms with Crippen molar-refractivity contribution in [2.24, 2.45) is 0 Å². The maximum atomic E-state index is 12.8. The Labute approximate surface area is 165 Å². The molecule has 0 spiro atoms. The number of nitrogens with zero attached hydrogens (tertiary/aromatic N) is 5. The van der Waals surface area contributed by atoms with Gasteiger partial charge in [-0.15, -0.1) is 22.0 Å². The molecular weight excluding hydrogens is 376 g/mol. The molecule has 4 rings (SSSR count). The van der Waals surface area contributed by atoms with Crippen LogP contribution in [0.4, 0.5) is 11.8 Å². The molecule has 1 aliphatic rings. The standard InChI is InChI=1S/C18H18N8OS/c1-18(8-5-9-28-18)16(27)21-14-13(15-23-25-26-24-15)11-20-17(22-14)19-10-12-6-3-2-4-7-12/h2-7,9,11H,8,10H2,1H3,(H,23,24,25,26)(H2,19,20,21,22,27). The van der Waals surface area contributed by atoms with Gasteiger partial charge in [0.15, 0.2) is 0 Å². The van der Waals surface area contributed by atoms with Crippen molar-refractivity contribution in [1.82, 2.24) is 30.6 Å². The first-order chi connectivity index (χ1) is 13.6. The molecule has 0 saturated heterocycles. The Hall–Kier alpha value is -3.27. The number of aromatic nitrogens is 6.